The average Bonchev–Trinajstić information content (AvgIpc) is 3.27. The van der Waals surface area contributed by atoms with Crippen molar-refractivity contribution in [1.82, 2.24) is 0 Å². The lowest BCUT2D eigenvalue weighted by Crippen LogP contribution is -2.30. The monoisotopic (exact) mass is 871 g/mol. The third-order valence-electron chi connectivity index (χ3n) is 12.2. The Hall–Kier alpha value is -1.88. The number of allylic oxidation sites excluding steroid dienone is 6. The number of ether oxygens (including phenoxy) is 3. The van der Waals surface area contributed by atoms with Gasteiger partial charge in [0.05, 0.1) is 6.61 Å². The van der Waals surface area contributed by atoms with Crippen LogP contribution in [0.2, 0.25) is 0 Å². The van der Waals surface area contributed by atoms with Gasteiger partial charge in [-0.2, -0.15) is 0 Å². The Balaban J connectivity index is 4.22. The molecular formula is C57H106O5. The third kappa shape index (κ3) is 50.8. The number of rotatable bonds is 51. The highest BCUT2D eigenvalue weighted by Gasteiger charge is 2.17. The van der Waals surface area contributed by atoms with Gasteiger partial charge >= 0.3 is 11.9 Å². The van der Waals surface area contributed by atoms with E-state index in [1.807, 2.05) is 0 Å². The number of carbonyl (C=O) groups excluding carboxylic acids is 2. The molecule has 364 valence electrons. The van der Waals surface area contributed by atoms with Gasteiger partial charge in [-0.05, 0) is 51.4 Å². The molecule has 0 aliphatic carbocycles. The van der Waals surface area contributed by atoms with Crippen molar-refractivity contribution in [3.8, 4) is 0 Å². The van der Waals surface area contributed by atoms with E-state index >= 15 is 0 Å². The molecule has 1 atom stereocenters. The molecule has 0 fully saturated rings. The fourth-order valence-corrected chi connectivity index (χ4v) is 8.12. The molecule has 0 amide bonds. The van der Waals surface area contributed by atoms with Crippen molar-refractivity contribution in [3.63, 3.8) is 0 Å². The Labute approximate surface area is 387 Å². The Morgan fingerprint density at radius 2 is 0.726 bits per heavy atom. The first-order valence-corrected chi connectivity index (χ1v) is 27.5. The Kier molecular flexibility index (Phi) is 51.8. The van der Waals surface area contributed by atoms with Crippen LogP contribution < -0.4 is 0 Å². The number of unbranched alkanes of at least 4 members (excludes halogenated alkanes) is 34. The lowest BCUT2D eigenvalue weighted by Gasteiger charge is -2.18. The van der Waals surface area contributed by atoms with Gasteiger partial charge in [-0.3, -0.25) is 9.59 Å². The van der Waals surface area contributed by atoms with Crippen LogP contribution in [0.25, 0.3) is 0 Å². The molecular weight excluding hydrogens is 765 g/mol. The predicted octanol–water partition coefficient (Wildman–Crippen LogP) is 18.6. The largest absolute Gasteiger partial charge is 0.462 e. The van der Waals surface area contributed by atoms with E-state index in [0.717, 1.165) is 64.2 Å². The minimum atomic E-state index is -0.537. The zero-order chi connectivity index (χ0) is 44.9. The van der Waals surface area contributed by atoms with Gasteiger partial charge < -0.3 is 14.2 Å². The molecule has 0 rings (SSSR count). The van der Waals surface area contributed by atoms with Crippen molar-refractivity contribution < 1.29 is 23.8 Å². The van der Waals surface area contributed by atoms with Gasteiger partial charge in [0.2, 0.25) is 0 Å². The molecule has 1 unspecified atom stereocenters. The number of hydrogen-bond donors (Lipinski definition) is 0. The van der Waals surface area contributed by atoms with E-state index in [-0.39, 0.29) is 25.2 Å². The van der Waals surface area contributed by atoms with Crippen LogP contribution in [0.4, 0.5) is 0 Å². The van der Waals surface area contributed by atoms with Crippen LogP contribution in [0.1, 0.15) is 290 Å². The molecule has 0 saturated carbocycles. The molecule has 0 aromatic carbocycles. The zero-order valence-electron chi connectivity index (χ0n) is 41.9. The van der Waals surface area contributed by atoms with Gasteiger partial charge in [-0.25, -0.2) is 0 Å². The van der Waals surface area contributed by atoms with Crippen LogP contribution >= 0.6 is 0 Å². The van der Waals surface area contributed by atoms with E-state index in [1.165, 1.54) is 193 Å². The van der Waals surface area contributed by atoms with Gasteiger partial charge in [-0.15, -0.1) is 0 Å². The van der Waals surface area contributed by atoms with Crippen LogP contribution in [0.5, 0.6) is 0 Å². The molecule has 0 aromatic heterocycles. The first kappa shape index (κ1) is 60.1. The summed E-state index contributed by atoms with van der Waals surface area (Å²) in [5.74, 6) is -0.399. The first-order valence-electron chi connectivity index (χ1n) is 27.5. The standard InChI is InChI=1S/C57H106O5/c1-4-7-10-13-16-19-22-25-27-28-29-31-34-37-40-43-46-49-52-60-53-55(62-57(59)51-48-45-42-39-36-32-24-21-18-15-12-9-6-3)54-61-56(58)50-47-44-41-38-35-33-30-26-23-20-17-14-11-8-5-2/h8,11,17,20,26,30,55H,4-7,9-10,12-16,18-19,21-25,27-29,31-54H2,1-3H3/b11-8-,20-17-,30-26-. The molecule has 62 heavy (non-hydrogen) atoms. The summed E-state index contributed by atoms with van der Waals surface area (Å²) in [6.07, 6.45) is 64.4. The Morgan fingerprint density at radius 1 is 0.371 bits per heavy atom. The van der Waals surface area contributed by atoms with Crippen molar-refractivity contribution in [2.75, 3.05) is 19.8 Å². The fourth-order valence-electron chi connectivity index (χ4n) is 8.12. The maximum Gasteiger partial charge on any atom is 0.306 e. The molecule has 5 nitrogen and oxygen atoms in total. The minimum Gasteiger partial charge on any atom is -0.462 e. The van der Waals surface area contributed by atoms with Crippen molar-refractivity contribution in [1.29, 1.82) is 0 Å². The van der Waals surface area contributed by atoms with E-state index in [1.54, 1.807) is 0 Å². The molecule has 0 aromatic rings. The van der Waals surface area contributed by atoms with Crippen molar-refractivity contribution in [2.45, 2.75) is 297 Å². The van der Waals surface area contributed by atoms with Crippen LogP contribution in [0.3, 0.4) is 0 Å². The van der Waals surface area contributed by atoms with Crippen LogP contribution in [0, 0.1) is 0 Å². The smallest absolute Gasteiger partial charge is 0.306 e. The van der Waals surface area contributed by atoms with Crippen molar-refractivity contribution >= 4 is 11.9 Å². The summed E-state index contributed by atoms with van der Waals surface area (Å²) < 4.78 is 17.4. The van der Waals surface area contributed by atoms with Crippen LogP contribution in [-0.4, -0.2) is 37.9 Å². The molecule has 0 saturated heterocycles. The molecule has 0 spiro atoms. The highest BCUT2D eigenvalue weighted by molar-refractivity contribution is 5.70. The number of esters is 2. The summed E-state index contributed by atoms with van der Waals surface area (Å²) in [4.78, 5) is 25.4. The topological polar surface area (TPSA) is 61.8 Å². The second kappa shape index (κ2) is 53.5. The average molecular weight is 871 g/mol. The highest BCUT2D eigenvalue weighted by Crippen LogP contribution is 2.16. The summed E-state index contributed by atoms with van der Waals surface area (Å²) in [6.45, 7) is 7.76. The van der Waals surface area contributed by atoms with E-state index < -0.39 is 6.10 Å². The lowest BCUT2D eigenvalue weighted by atomic mass is 10.0. The van der Waals surface area contributed by atoms with Crippen LogP contribution in [0.15, 0.2) is 36.5 Å². The summed E-state index contributed by atoms with van der Waals surface area (Å²) in [7, 11) is 0. The lowest BCUT2D eigenvalue weighted by molar-refractivity contribution is -0.163. The van der Waals surface area contributed by atoms with Crippen molar-refractivity contribution in [3.05, 3.63) is 36.5 Å². The second-order valence-corrected chi connectivity index (χ2v) is 18.5. The van der Waals surface area contributed by atoms with Gasteiger partial charge in [-0.1, -0.05) is 263 Å². The zero-order valence-corrected chi connectivity index (χ0v) is 41.9. The quantitative estimate of drug-likeness (QED) is 0.0346. The molecule has 0 bridgehead atoms. The third-order valence-corrected chi connectivity index (χ3v) is 12.2. The number of carbonyl (C=O) groups is 2. The maximum atomic E-state index is 12.8. The Bertz CT molecular complexity index is 986. The second-order valence-electron chi connectivity index (χ2n) is 18.5. The maximum absolute atomic E-state index is 12.8. The summed E-state index contributed by atoms with van der Waals surface area (Å²) in [6, 6.07) is 0. The van der Waals surface area contributed by atoms with Crippen molar-refractivity contribution in [2.24, 2.45) is 0 Å². The van der Waals surface area contributed by atoms with Gasteiger partial charge in [0, 0.05) is 19.4 Å². The van der Waals surface area contributed by atoms with E-state index in [4.69, 9.17) is 14.2 Å². The van der Waals surface area contributed by atoms with E-state index in [2.05, 4.69) is 57.2 Å². The summed E-state index contributed by atoms with van der Waals surface area (Å²) >= 11 is 0. The van der Waals surface area contributed by atoms with E-state index in [9.17, 15) is 9.59 Å². The Morgan fingerprint density at radius 3 is 1.16 bits per heavy atom. The molecule has 0 radical (unpaired) electrons. The normalized spacial score (nSPS) is 12.4. The van der Waals surface area contributed by atoms with Gasteiger partial charge in [0.1, 0.15) is 6.61 Å². The number of hydrogen-bond acceptors (Lipinski definition) is 5. The molecule has 0 heterocycles. The SMILES string of the molecule is CC/C=C\C/C=C\C/C=C\CCCCCCCC(=O)OCC(COCCCCCCCCCCCCCCCCCCCC)OC(=O)CCCCCCCCCCCCCCC. The summed E-state index contributed by atoms with van der Waals surface area (Å²) in [5, 5.41) is 0. The fraction of sp³-hybridized carbons (Fsp3) is 0.860. The van der Waals surface area contributed by atoms with Gasteiger partial charge in [0.25, 0.3) is 0 Å². The summed E-state index contributed by atoms with van der Waals surface area (Å²) in [5.41, 5.74) is 0. The molecule has 0 aliphatic rings. The van der Waals surface area contributed by atoms with Gasteiger partial charge in [0.15, 0.2) is 6.10 Å². The molecule has 5 heteroatoms. The molecule has 0 N–H and O–H groups in total. The molecule has 0 aliphatic heterocycles. The predicted molar refractivity (Wildman–Crippen MR) is 270 cm³/mol. The van der Waals surface area contributed by atoms with E-state index in [0.29, 0.717) is 19.4 Å². The highest BCUT2D eigenvalue weighted by atomic mass is 16.6. The van der Waals surface area contributed by atoms with Crippen LogP contribution in [-0.2, 0) is 23.8 Å². The minimum absolute atomic E-state index is 0.0826. The first-order chi connectivity index (χ1) is 30.6.